The van der Waals surface area contributed by atoms with Crippen LogP contribution in [0.15, 0.2) is 40.5 Å². The third-order valence-corrected chi connectivity index (χ3v) is 6.63. The lowest BCUT2D eigenvalue weighted by atomic mass is 9.94. The molecule has 3 rings (SSSR count). The number of hydrogen-bond donors (Lipinski definition) is 1. The molecular weight excluding hydrogens is 410 g/mol. The van der Waals surface area contributed by atoms with Crippen LogP contribution in [0.3, 0.4) is 0 Å². The van der Waals surface area contributed by atoms with Crippen molar-refractivity contribution in [3.63, 3.8) is 0 Å². The van der Waals surface area contributed by atoms with Crippen molar-refractivity contribution in [2.75, 3.05) is 24.2 Å². The summed E-state index contributed by atoms with van der Waals surface area (Å²) in [5.41, 5.74) is 2.97. The molecule has 168 valence electrons. The number of carbonyl (C=O) groups is 2. The summed E-state index contributed by atoms with van der Waals surface area (Å²) in [4.78, 5) is 32.4. The van der Waals surface area contributed by atoms with E-state index in [9.17, 15) is 9.59 Å². The Morgan fingerprint density at radius 3 is 2.81 bits per heavy atom. The van der Waals surface area contributed by atoms with Gasteiger partial charge in [0.25, 0.3) is 0 Å². The van der Waals surface area contributed by atoms with Crippen LogP contribution in [-0.4, -0.2) is 40.8 Å². The van der Waals surface area contributed by atoms with Gasteiger partial charge in [0.2, 0.25) is 5.91 Å². The van der Waals surface area contributed by atoms with Crippen LogP contribution in [0.1, 0.15) is 59.1 Å². The number of ether oxygens (including phenoxy) is 1. The number of thioether (sulfide) groups is 1. The number of esters is 1. The smallest absolute Gasteiger partial charge is 0.338 e. The van der Waals surface area contributed by atoms with Gasteiger partial charge in [-0.2, -0.15) is 0 Å². The van der Waals surface area contributed by atoms with E-state index in [4.69, 9.17) is 9.73 Å². The third-order valence-electron chi connectivity index (χ3n) is 5.56. The fraction of sp³-hybridized carbons (Fsp3) is 0.542. The Kier molecular flexibility index (Phi) is 7.81. The minimum Gasteiger partial charge on any atom is -0.462 e. The molecule has 31 heavy (non-hydrogen) atoms. The predicted octanol–water partition coefficient (Wildman–Crippen LogP) is 4.99. The molecule has 1 N–H and O–H groups in total. The number of amidine groups is 1. The van der Waals surface area contributed by atoms with Gasteiger partial charge in [0.15, 0.2) is 5.17 Å². The molecule has 0 bridgehead atoms. The zero-order valence-electron chi connectivity index (χ0n) is 19.1. The average molecular weight is 444 g/mol. The molecule has 0 aliphatic carbocycles. The van der Waals surface area contributed by atoms with E-state index in [0.29, 0.717) is 17.9 Å². The zero-order valence-corrected chi connectivity index (χ0v) is 19.9. The van der Waals surface area contributed by atoms with Gasteiger partial charge in [0.1, 0.15) is 0 Å². The molecule has 1 aromatic rings. The lowest BCUT2D eigenvalue weighted by Gasteiger charge is -2.40. The number of allylic oxidation sites excluding steroid dienone is 1. The van der Waals surface area contributed by atoms with Crippen LogP contribution < -0.4 is 5.32 Å². The molecule has 2 aliphatic heterocycles. The van der Waals surface area contributed by atoms with E-state index in [1.54, 1.807) is 11.8 Å². The van der Waals surface area contributed by atoms with Gasteiger partial charge in [0.05, 0.1) is 23.9 Å². The van der Waals surface area contributed by atoms with Crippen molar-refractivity contribution in [3.05, 3.63) is 41.1 Å². The number of benzene rings is 1. The quantitative estimate of drug-likeness (QED) is 0.601. The Morgan fingerprint density at radius 2 is 2.10 bits per heavy atom. The second kappa shape index (κ2) is 10.4. The van der Waals surface area contributed by atoms with Gasteiger partial charge in [-0.1, -0.05) is 51.6 Å². The van der Waals surface area contributed by atoms with Gasteiger partial charge in [-0.05, 0) is 43.4 Å². The summed E-state index contributed by atoms with van der Waals surface area (Å²) in [6.45, 7) is 11.0. The van der Waals surface area contributed by atoms with Crippen molar-refractivity contribution in [2.24, 2.45) is 16.8 Å². The molecule has 2 aliphatic rings. The van der Waals surface area contributed by atoms with Gasteiger partial charge >= 0.3 is 5.97 Å². The largest absolute Gasteiger partial charge is 0.462 e. The zero-order chi connectivity index (χ0) is 22.5. The molecular formula is C24H33N3O3S. The Labute approximate surface area is 189 Å². The van der Waals surface area contributed by atoms with Gasteiger partial charge in [-0.3, -0.25) is 4.79 Å². The standard InChI is InChI=1S/C24H33N3O3S/c1-6-16(4)22(28)26-19-10-7-9-18(13-19)21-20(23(29)30-14-15(2)3)17(5)25-24-27(21)11-8-12-31-24/h7,9-10,13,15-16,21H,6,8,11-12,14H2,1-5H3,(H,26,28). The highest BCUT2D eigenvalue weighted by atomic mass is 32.2. The first kappa shape index (κ1) is 23.4. The number of fused-ring (bicyclic) bond motifs is 1. The van der Waals surface area contributed by atoms with Crippen LogP contribution in [0, 0.1) is 11.8 Å². The summed E-state index contributed by atoms with van der Waals surface area (Å²) in [6, 6.07) is 7.52. The van der Waals surface area contributed by atoms with Crippen molar-refractivity contribution in [2.45, 2.75) is 53.5 Å². The topological polar surface area (TPSA) is 71.0 Å². The van der Waals surface area contributed by atoms with E-state index < -0.39 is 0 Å². The fourth-order valence-corrected chi connectivity index (χ4v) is 4.65. The van der Waals surface area contributed by atoms with Crippen LogP contribution in [0.5, 0.6) is 0 Å². The number of rotatable bonds is 7. The molecule has 0 saturated carbocycles. The third kappa shape index (κ3) is 5.50. The first-order valence-electron chi connectivity index (χ1n) is 11.1. The van der Waals surface area contributed by atoms with Crippen molar-refractivity contribution in [1.82, 2.24) is 4.90 Å². The second-order valence-corrected chi connectivity index (χ2v) is 9.67. The average Bonchev–Trinajstić information content (AvgIpc) is 2.76. The number of amides is 1. The highest BCUT2D eigenvalue weighted by molar-refractivity contribution is 8.13. The first-order valence-corrected chi connectivity index (χ1v) is 12.1. The molecule has 1 aromatic carbocycles. The summed E-state index contributed by atoms with van der Waals surface area (Å²) < 4.78 is 5.62. The Balaban J connectivity index is 1.97. The molecule has 2 heterocycles. The summed E-state index contributed by atoms with van der Waals surface area (Å²) in [5, 5.41) is 3.96. The Bertz CT molecular complexity index is 894. The molecule has 6 nitrogen and oxygen atoms in total. The SMILES string of the molecule is CCC(C)C(=O)Nc1cccc(C2C(C(=O)OCC(C)C)=C(C)N=C3SCCCN32)c1. The number of carbonyl (C=O) groups excluding carboxylic acids is 2. The normalized spacial score (nSPS) is 19.6. The molecule has 1 saturated heterocycles. The molecule has 2 unspecified atom stereocenters. The maximum Gasteiger partial charge on any atom is 0.338 e. The Morgan fingerprint density at radius 1 is 1.32 bits per heavy atom. The van der Waals surface area contributed by atoms with Crippen molar-refractivity contribution < 1.29 is 14.3 Å². The van der Waals surface area contributed by atoms with Gasteiger partial charge in [-0.25, -0.2) is 9.79 Å². The van der Waals surface area contributed by atoms with E-state index in [2.05, 4.69) is 10.2 Å². The molecule has 7 heteroatoms. The molecule has 1 amide bonds. The van der Waals surface area contributed by atoms with E-state index in [1.807, 2.05) is 58.9 Å². The van der Waals surface area contributed by atoms with E-state index in [-0.39, 0.29) is 29.8 Å². The highest BCUT2D eigenvalue weighted by Crippen LogP contribution is 2.40. The fourth-order valence-electron chi connectivity index (χ4n) is 3.63. The minimum absolute atomic E-state index is 0.00219. The Hall–Kier alpha value is -2.28. The lowest BCUT2D eigenvalue weighted by Crippen LogP contribution is -2.42. The number of anilines is 1. The number of nitrogens with one attached hydrogen (secondary N) is 1. The summed E-state index contributed by atoms with van der Waals surface area (Å²) in [6.07, 6.45) is 1.81. The van der Waals surface area contributed by atoms with E-state index >= 15 is 0 Å². The summed E-state index contributed by atoms with van der Waals surface area (Å²) >= 11 is 1.72. The van der Waals surface area contributed by atoms with E-state index in [1.165, 1.54) is 0 Å². The highest BCUT2D eigenvalue weighted by Gasteiger charge is 2.38. The predicted molar refractivity (Wildman–Crippen MR) is 127 cm³/mol. The van der Waals surface area contributed by atoms with Crippen molar-refractivity contribution >= 4 is 34.5 Å². The molecule has 0 spiro atoms. The van der Waals surface area contributed by atoms with Gasteiger partial charge in [-0.15, -0.1) is 0 Å². The van der Waals surface area contributed by atoms with Crippen molar-refractivity contribution in [1.29, 1.82) is 0 Å². The van der Waals surface area contributed by atoms with Gasteiger partial charge in [0, 0.05) is 23.9 Å². The summed E-state index contributed by atoms with van der Waals surface area (Å²) in [7, 11) is 0. The second-order valence-electron chi connectivity index (χ2n) is 8.61. The van der Waals surface area contributed by atoms with Crippen LogP contribution in [0.4, 0.5) is 5.69 Å². The molecule has 2 atom stereocenters. The van der Waals surface area contributed by atoms with Crippen molar-refractivity contribution in [3.8, 4) is 0 Å². The van der Waals surface area contributed by atoms with Crippen LogP contribution in [0.2, 0.25) is 0 Å². The lowest BCUT2D eigenvalue weighted by molar-refractivity contribution is -0.141. The first-order chi connectivity index (χ1) is 14.8. The maximum atomic E-state index is 13.1. The number of aliphatic imine (C=N–C) groups is 1. The number of nitrogens with zero attached hydrogens (tertiary/aromatic N) is 2. The number of hydrogen-bond acceptors (Lipinski definition) is 6. The van der Waals surface area contributed by atoms with Crippen LogP contribution >= 0.6 is 11.8 Å². The van der Waals surface area contributed by atoms with Crippen LogP contribution in [-0.2, 0) is 14.3 Å². The molecule has 1 fully saturated rings. The molecule has 0 radical (unpaired) electrons. The molecule has 0 aromatic heterocycles. The monoisotopic (exact) mass is 443 g/mol. The maximum absolute atomic E-state index is 13.1. The van der Waals surface area contributed by atoms with E-state index in [0.717, 1.165) is 41.6 Å². The summed E-state index contributed by atoms with van der Waals surface area (Å²) in [5.74, 6) is 0.911. The van der Waals surface area contributed by atoms with Gasteiger partial charge < -0.3 is 15.0 Å². The van der Waals surface area contributed by atoms with Crippen LogP contribution in [0.25, 0.3) is 0 Å². The minimum atomic E-state index is -0.316.